The Morgan fingerprint density at radius 3 is 2.76 bits per heavy atom. The van der Waals surface area contributed by atoms with E-state index in [1.54, 1.807) is 17.6 Å². The first-order valence-electron chi connectivity index (χ1n) is 5.29. The fourth-order valence-corrected chi connectivity index (χ4v) is 1.82. The minimum Gasteiger partial charge on any atom is -0.478 e. The van der Waals surface area contributed by atoms with E-state index in [-0.39, 0.29) is 11.1 Å². The van der Waals surface area contributed by atoms with Crippen LogP contribution in [0.15, 0.2) is 23.0 Å². The number of nitrogens with zero attached hydrogens (tertiary/aromatic N) is 2. The SMILES string of the molecule is CCn1c(=O)c(C)nc2cc(C(=O)O)ccc21. The molecule has 0 radical (unpaired) electrons. The van der Waals surface area contributed by atoms with Crippen molar-refractivity contribution in [3.63, 3.8) is 0 Å². The minimum absolute atomic E-state index is 0.136. The van der Waals surface area contributed by atoms with Gasteiger partial charge in [0.15, 0.2) is 0 Å². The lowest BCUT2D eigenvalue weighted by Gasteiger charge is -2.08. The summed E-state index contributed by atoms with van der Waals surface area (Å²) < 4.78 is 1.59. The van der Waals surface area contributed by atoms with Gasteiger partial charge < -0.3 is 9.67 Å². The second kappa shape index (κ2) is 4.01. The van der Waals surface area contributed by atoms with Crippen molar-refractivity contribution in [2.75, 3.05) is 0 Å². The van der Waals surface area contributed by atoms with Crippen LogP contribution < -0.4 is 5.56 Å². The van der Waals surface area contributed by atoms with E-state index in [0.717, 1.165) is 0 Å². The van der Waals surface area contributed by atoms with Gasteiger partial charge in [0.05, 0.1) is 16.6 Å². The maximum Gasteiger partial charge on any atom is 0.335 e. The molecule has 5 nitrogen and oxygen atoms in total. The fourth-order valence-electron chi connectivity index (χ4n) is 1.82. The zero-order valence-electron chi connectivity index (χ0n) is 9.60. The molecule has 0 aliphatic carbocycles. The number of aromatic carboxylic acids is 1. The number of carbonyl (C=O) groups is 1. The molecule has 0 unspecified atom stereocenters. The Hall–Kier alpha value is -2.17. The molecule has 2 rings (SSSR count). The summed E-state index contributed by atoms with van der Waals surface area (Å²) in [7, 11) is 0. The summed E-state index contributed by atoms with van der Waals surface area (Å²) in [5, 5.41) is 8.90. The lowest BCUT2D eigenvalue weighted by Crippen LogP contribution is -2.23. The van der Waals surface area contributed by atoms with E-state index in [2.05, 4.69) is 4.98 Å². The van der Waals surface area contributed by atoms with Gasteiger partial charge in [-0.15, -0.1) is 0 Å². The molecule has 1 heterocycles. The van der Waals surface area contributed by atoms with Gasteiger partial charge in [0.2, 0.25) is 0 Å². The molecule has 88 valence electrons. The largest absolute Gasteiger partial charge is 0.478 e. The van der Waals surface area contributed by atoms with Crippen LogP contribution in [-0.4, -0.2) is 20.6 Å². The Morgan fingerprint density at radius 2 is 2.18 bits per heavy atom. The van der Waals surface area contributed by atoms with Crippen LogP contribution in [-0.2, 0) is 6.54 Å². The Morgan fingerprint density at radius 1 is 1.47 bits per heavy atom. The molecule has 0 aliphatic rings. The molecule has 0 saturated heterocycles. The molecule has 0 amide bonds. The topological polar surface area (TPSA) is 72.2 Å². The van der Waals surface area contributed by atoms with E-state index in [0.29, 0.717) is 23.3 Å². The van der Waals surface area contributed by atoms with Crippen LogP contribution in [0.3, 0.4) is 0 Å². The molecule has 0 aliphatic heterocycles. The van der Waals surface area contributed by atoms with E-state index in [1.807, 2.05) is 6.92 Å². The molecule has 1 aromatic heterocycles. The van der Waals surface area contributed by atoms with Crippen LogP contribution in [0.4, 0.5) is 0 Å². The van der Waals surface area contributed by atoms with Crippen LogP contribution in [0.25, 0.3) is 11.0 Å². The second-order valence-electron chi connectivity index (χ2n) is 3.76. The first-order chi connectivity index (χ1) is 8.04. The number of aryl methyl sites for hydroxylation is 2. The van der Waals surface area contributed by atoms with Crippen LogP contribution in [0.1, 0.15) is 23.0 Å². The van der Waals surface area contributed by atoms with Gasteiger partial charge in [-0.3, -0.25) is 4.79 Å². The van der Waals surface area contributed by atoms with Crippen LogP contribution >= 0.6 is 0 Å². The third kappa shape index (κ3) is 1.80. The highest BCUT2D eigenvalue weighted by Crippen LogP contribution is 2.13. The van der Waals surface area contributed by atoms with Crippen molar-refractivity contribution >= 4 is 17.0 Å². The molecule has 0 spiro atoms. The summed E-state index contributed by atoms with van der Waals surface area (Å²) in [6.07, 6.45) is 0. The Bertz CT molecular complexity index is 659. The van der Waals surface area contributed by atoms with Crippen molar-refractivity contribution in [3.8, 4) is 0 Å². The van der Waals surface area contributed by atoms with Crippen molar-refractivity contribution in [3.05, 3.63) is 39.8 Å². The molecule has 0 atom stereocenters. The Balaban J connectivity index is 2.85. The van der Waals surface area contributed by atoms with Gasteiger partial charge in [-0.1, -0.05) is 0 Å². The monoisotopic (exact) mass is 232 g/mol. The van der Waals surface area contributed by atoms with Crippen LogP contribution in [0.2, 0.25) is 0 Å². The highest BCUT2D eigenvalue weighted by atomic mass is 16.4. The smallest absolute Gasteiger partial charge is 0.335 e. The number of rotatable bonds is 2. The quantitative estimate of drug-likeness (QED) is 0.850. The lowest BCUT2D eigenvalue weighted by atomic mass is 10.2. The molecule has 17 heavy (non-hydrogen) atoms. The van der Waals surface area contributed by atoms with Crippen molar-refractivity contribution in [1.82, 2.24) is 9.55 Å². The molecule has 5 heteroatoms. The highest BCUT2D eigenvalue weighted by molar-refractivity contribution is 5.92. The highest BCUT2D eigenvalue weighted by Gasteiger charge is 2.09. The first kappa shape index (κ1) is 11.3. The molecule has 0 saturated carbocycles. The summed E-state index contributed by atoms with van der Waals surface area (Å²) in [6, 6.07) is 4.58. The summed E-state index contributed by atoms with van der Waals surface area (Å²) in [5.74, 6) is -0.999. The minimum atomic E-state index is -0.999. The molecule has 1 aromatic carbocycles. The summed E-state index contributed by atoms with van der Waals surface area (Å²) in [5.41, 5.74) is 1.60. The third-order valence-corrected chi connectivity index (χ3v) is 2.67. The van der Waals surface area contributed by atoms with Gasteiger partial charge >= 0.3 is 5.97 Å². The fraction of sp³-hybridized carbons (Fsp3) is 0.250. The first-order valence-corrected chi connectivity index (χ1v) is 5.29. The standard InChI is InChI=1S/C12H12N2O3/c1-3-14-10-5-4-8(12(16)17)6-9(10)13-7(2)11(14)15/h4-6H,3H2,1-2H3,(H,16,17). The average Bonchev–Trinajstić information content (AvgIpc) is 2.30. The third-order valence-electron chi connectivity index (χ3n) is 2.67. The van der Waals surface area contributed by atoms with E-state index in [1.165, 1.54) is 12.1 Å². The lowest BCUT2D eigenvalue weighted by molar-refractivity contribution is 0.0697. The maximum atomic E-state index is 11.8. The Labute approximate surface area is 97.3 Å². The predicted octanol–water partition coefficient (Wildman–Crippen LogP) is 1.42. The van der Waals surface area contributed by atoms with E-state index in [4.69, 9.17) is 5.11 Å². The summed E-state index contributed by atoms with van der Waals surface area (Å²) in [6.45, 7) is 4.03. The second-order valence-corrected chi connectivity index (χ2v) is 3.76. The Kier molecular flexibility index (Phi) is 2.67. The number of aromatic nitrogens is 2. The van der Waals surface area contributed by atoms with E-state index < -0.39 is 5.97 Å². The van der Waals surface area contributed by atoms with Gasteiger partial charge in [0.25, 0.3) is 5.56 Å². The summed E-state index contributed by atoms with van der Waals surface area (Å²) >= 11 is 0. The summed E-state index contributed by atoms with van der Waals surface area (Å²) in [4.78, 5) is 26.8. The van der Waals surface area contributed by atoms with Gasteiger partial charge in [-0.05, 0) is 32.0 Å². The van der Waals surface area contributed by atoms with Gasteiger partial charge in [0, 0.05) is 6.54 Å². The van der Waals surface area contributed by atoms with Crippen molar-refractivity contribution < 1.29 is 9.90 Å². The molecular formula is C12H12N2O3. The predicted molar refractivity (Wildman–Crippen MR) is 63.4 cm³/mol. The van der Waals surface area contributed by atoms with Crippen LogP contribution in [0, 0.1) is 6.92 Å². The van der Waals surface area contributed by atoms with E-state index >= 15 is 0 Å². The van der Waals surface area contributed by atoms with Crippen molar-refractivity contribution in [2.45, 2.75) is 20.4 Å². The van der Waals surface area contributed by atoms with E-state index in [9.17, 15) is 9.59 Å². The van der Waals surface area contributed by atoms with Crippen LogP contribution in [0.5, 0.6) is 0 Å². The number of carboxylic acids is 1. The average molecular weight is 232 g/mol. The number of hydrogen-bond acceptors (Lipinski definition) is 3. The maximum absolute atomic E-state index is 11.8. The van der Waals surface area contributed by atoms with Gasteiger partial charge in [-0.2, -0.15) is 0 Å². The zero-order chi connectivity index (χ0) is 12.6. The normalized spacial score (nSPS) is 10.7. The number of fused-ring (bicyclic) bond motifs is 1. The van der Waals surface area contributed by atoms with Crippen molar-refractivity contribution in [1.29, 1.82) is 0 Å². The van der Waals surface area contributed by atoms with Crippen molar-refractivity contribution in [2.24, 2.45) is 0 Å². The molecular weight excluding hydrogens is 220 g/mol. The van der Waals surface area contributed by atoms with Gasteiger partial charge in [0.1, 0.15) is 5.69 Å². The number of hydrogen-bond donors (Lipinski definition) is 1. The number of benzene rings is 1. The molecule has 0 bridgehead atoms. The molecule has 2 aromatic rings. The van der Waals surface area contributed by atoms with Gasteiger partial charge in [-0.25, -0.2) is 9.78 Å². The molecule has 0 fully saturated rings. The molecule has 1 N–H and O–H groups in total. The zero-order valence-corrected chi connectivity index (χ0v) is 9.60. The number of carboxylic acid groups (broad SMARTS) is 1.